The zero-order valence-electron chi connectivity index (χ0n) is 25.2. The van der Waals surface area contributed by atoms with Gasteiger partial charge in [0.2, 0.25) is 0 Å². The van der Waals surface area contributed by atoms with Crippen molar-refractivity contribution in [1.82, 2.24) is 0 Å². The van der Waals surface area contributed by atoms with Crippen LogP contribution in [0.3, 0.4) is 0 Å². The molecule has 0 unspecified atom stereocenters. The first-order valence-corrected chi connectivity index (χ1v) is 12.5. The van der Waals surface area contributed by atoms with Gasteiger partial charge in [-0.2, -0.15) is 0 Å². The second-order valence-electron chi connectivity index (χ2n) is 8.32. The molecule has 0 aliphatic rings. The lowest BCUT2D eigenvalue weighted by Gasteiger charge is -2.29. The van der Waals surface area contributed by atoms with Crippen LogP contribution in [-0.2, 0) is 61.9 Å². The molecule has 0 rings (SSSR count). The van der Waals surface area contributed by atoms with Crippen LogP contribution >= 0.6 is 0 Å². The monoisotopic (exact) mass is 650 g/mol. The number of rotatable bonds is 20. The number of hydrogen-bond acceptors (Lipinski definition) is 14. The Morgan fingerprint density at radius 3 is 1.00 bits per heavy atom. The van der Waals surface area contributed by atoms with Gasteiger partial charge >= 0.3 is 35.8 Å². The normalized spacial score (nSPS) is 9.50. The Bertz CT molecular complexity index is 1070. The third-order valence-corrected chi connectivity index (χ3v) is 4.83. The quantitative estimate of drug-likeness (QED) is 0.0628. The fraction of sp³-hybridized carbons (Fsp3) is 0.290. The van der Waals surface area contributed by atoms with Crippen molar-refractivity contribution in [2.24, 2.45) is 10.8 Å². The fourth-order valence-corrected chi connectivity index (χ4v) is 2.33. The number of esters is 6. The number of aliphatic hydroxyl groups excluding tert-OH is 1. The SMILES string of the molecule is C=CC(=O)OCC(CO)(COC(=O)C=C)COC(=O)C=C.C=COC#CC(COC(=O)C=C)(COC(=O)C=C)COC(=O)C=C.O. The predicted octanol–water partition coefficient (Wildman–Crippen LogP) is 0.609. The van der Waals surface area contributed by atoms with Gasteiger partial charge in [-0.25, -0.2) is 28.8 Å². The molecule has 15 nitrogen and oxygen atoms in total. The van der Waals surface area contributed by atoms with E-state index in [-0.39, 0.29) is 45.1 Å². The van der Waals surface area contributed by atoms with E-state index in [1.54, 1.807) is 0 Å². The maximum absolute atomic E-state index is 11.3. The van der Waals surface area contributed by atoms with E-state index in [1.807, 2.05) is 0 Å². The minimum Gasteiger partial charge on any atom is -0.462 e. The van der Waals surface area contributed by atoms with Gasteiger partial charge in [-0.05, 0) is 5.92 Å². The Morgan fingerprint density at radius 1 is 0.522 bits per heavy atom. The van der Waals surface area contributed by atoms with Gasteiger partial charge in [0.1, 0.15) is 51.2 Å². The Hall–Kier alpha value is -5.72. The van der Waals surface area contributed by atoms with Gasteiger partial charge in [0.05, 0.1) is 18.3 Å². The summed E-state index contributed by atoms with van der Waals surface area (Å²) in [4.78, 5) is 67.2. The Labute approximate surface area is 266 Å². The van der Waals surface area contributed by atoms with Crippen molar-refractivity contribution in [3.8, 4) is 12.0 Å². The lowest BCUT2D eigenvalue weighted by Crippen LogP contribution is -2.42. The van der Waals surface area contributed by atoms with E-state index >= 15 is 0 Å². The van der Waals surface area contributed by atoms with Crippen LogP contribution in [0.1, 0.15) is 0 Å². The molecule has 0 aliphatic carbocycles. The molecule has 0 radical (unpaired) electrons. The maximum Gasteiger partial charge on any atom is 0.330 e. The number of carbonyl (C=O) groups excluding carboxylic acids is 6. The molecule has 0 aromatic rings. The van der Waals surface area contributed by atoms with Crippen molar-refractivity contribution in [3.05, 3.63) is 88.8 Å². The largest absolute Gasteiger partial charge is 0.462 e. The lowest BCUT2D eigenvalue weighted by atomic mass is 9.92. The summed E-state index contributed by atoms with van der Waals surface area (Å²) in [6.45, 7) is 20.2. The standard InChI is InChI=1S/C17H18O7.C14H18O7.H2O/c1-5-14(18)22-11-17(9-10-21-8-4,12-23-15(19)6-2)13-24-16(20)7-3;1-4-11(16)19-8-14(7-15,9-20-12(17)5-2)10-21-13(18)6-3;/h5-8H,1-4,11-13H2;4-6,15H,1-3,7-10H2;1H2. The van der Waals surface area contributed by atoms with Crippen molar-refractivity contribution >= 4 is 35.8 Å². The minimum absolute atomic E-state index is 0. The average molecular weight is 651 g/mol. The molecule has 0 saturated carbocycles. The highest BCUT2D eigenvalue weighted by molar-refractivity contribution is 5.83. The highest BCUT2D eigenvalue weighted by atomic mass is 16.6. The molecule has 0 aromatic carbocycles. The molecule has 0 heterocycles. The summed E-state index contributed by atoms with van der Waals surface area (Å²) in [5.74, 6) is -1.76. The van der Waals surface area contributed by atoms with E-state index in [4.69, 9.17) is 33.2 Å². The number of aliphatic hydroxyl groups is 1. The molecule has 0 amide bonds. The van der Waals surface area contributed by atoms with Crippen LogP contribution in [0.15, 0.2) is 88.8 Å². The summed E-state index contributed by atoms with van der Waals surface area (Å²) in [6.07, 6.45) is 9.01. The van der Waals surface area contributed by atoms with E-state index in [0.29, 0.717) is 0 Å². The van der Waals surface area contributed by atoms with Crippen LogP contribution in [-0.4, -0.2) is 92.6 Å². The first kappa shape index (κ1) is 44.7. The van der Waals surface area contributed by atoms with E-state index in [2.05, 4.69) is 58.1 Å². The zero-order valence-corrected chi connectivity index (χ0v) is 25.2. The molecule has 0 bridgehead atoms. The van der Waals surface area contributed by atoms with Crippen LogP contribution in [0.25, 0.3) is 0 Å². The number of ether oxygens (including phenoxy) is 7. The molecule has 0 aromatic heterocycles. The zero-order chi connectivity index (χ0) is 34.7. The maximum atomic E-state index is 11.3. The minimum atomic E-state index is -1.36. The number of hydrogen-bond donors (Lipinski definition) is 1. The van der Waals surface area contributed by atoms with Gasteiger partial charge in [0.15, 0.2) is 0 Å². The lowest BCUT2D eigenvalue weighted by molar-refractivity contribution is -0.159. The van der Waals surface area contributed by atoms with E-state index in [9.17, 15) is 33.9 Å². The van der Waals surface area contributed by atoms with Crippen LogP contribution < -0.4 is 0 Å². The van der Waals surface area contributed by atoms with Gasteiger partial charge in [-0.3, -0.25) is 0 Å². The van der Waals surface area contributed by atoms with Crippen molar-refractivity contribution in [2.45, 2.75) is 0 Å². The third kappa shape index (κ3) is 20.2. The molecule has 15 heteroatoms. The van der Waals surface area contributed by atoms with Crippen molar-refractivity contribution in [1.29, 1.82) is 0 Å². The Balaban J connectivity index is -0.000000794. The van der Waals surface area contributed by atoms with Crippen LogP contribution in [0, 0.1) is 22.9 Å². The van der Waals surface area contributed by atoms with E-state index in [0.717, 1.165) is 42.7 Å². The van der Waals surface area contributed by atoms with Crippen molar-refractivity contribution in [3.63, 3.8) is 0 Å². The second kappa shape index (κ2) is 25.7. The first-order chi connectivity index (χ1) is 21.3. The molecule has 0 spiro atoms. The molecule has 252 valence electrons. The molecule has 3 N–H and O–H groups in total. The van der Waals surface area contributed by atoms with Gasteiger partial charge in [-0.1, -0.05) is 46.1 Å². The summed E-state index contributed by atoms with van der Waals surface area (Å²) in [5.41, 5.74) is -2.64. The topological polar surface area (TPSA) is 219 Å². The molecular formula is C31H38O15. The van der Waals surface area contributed by atoms with Crippen LogP contribution in [0.5, 0.6) is 0 Å². The third-order valence-electron chi connectivity index (χ3n) is 4.83. The summed E-state index contributed by atoms with van der Waals surface area (Å²) >= 11 is 0. The highest BCUT2D eigenvalue weighted by Gasteiger charge is 2.35. The van der Waals surface area contributed by atoms with Crippen LogP contribution in [0.2, 0.25) is 0 Å². The summed E-state index contributed by atoms with van der Waals surface area (Å²) in [5, 5.41) is 9.48. The van der Waals surface area contributed by atoms with E-state index in [1.165, 1.54) is 0 Å². The van der Waals surface area contributed by atoms with Crippen LogP contribution in [0.4, 0.5) is 0 Å². The molecule has 0 saturated heterocycles. The van der Waals surface area contributed by atoms with Gasteiger partial charge in [-0.15, -0.1) is 0 Å². The second-order valence-corrected chi connectivity index (χ2v) is 8.32. The molecule has 0 fully saturated rings. The van der Waals surface area contributed by atoms with Gasteiger partial charge in [0.25, 0.3) is 0 Å². The Kier molecular flexibility index (Phi) is 25.0. The summed E-state index contributed by atoms with van der Waals surface area (Å²) < 4.78 is 34.0. The Morgan fingerprint density at radius 2 is 0.783 bits per heavy atom. The summed E-state index contributed by atoms with van der Waals surface area (Å²) in [6, 6.07) is 0. The van der Waals surface area contributed by atoms with Crippen molar-refractivity contribution < 1.29 is 72.5 Å². The number of carbonyl (C=O) groups is 6. The van der Waals surface area contributed by atoms with Gasteiger partial charge < -0.3 is 43.7 Å². The van der Waals surface area contributed by atoms with E-state index < -0.39 is 53.3 Å². The first-order valence-electron chi connectivity index (χ1n) is 12.5. The molecule has 46 heavy (non-hydrogen) atoms. The van der Waals surface area contributed by atoms with Gasteiger partial charge in [0, 0.05) is 36.5 Å². The highest BCUT2D eigenvalue weighted by Crippen LogP contribution is 2.21. The smallest absolute Gasteiger partial charge is 0.330 e. The average Bonchev–Trinajstić information content (AvgIpc) is 3.07. The molecular weight excluding hydrogens is 612 g/mol. The molecule has 0 atom stereocenters. The molecule has 0 aliphatic heterocycles. The van der Waals surface area contributed by atoms with Crippen molar-refractivity contribution in [2.75, 3.05) is 46.2 Å². The fourth-order valence-electron chi connectivity index (χ4n) is 2.33. The summed E-state index contributed by atoms with van der Waals surface area (Å²) in [7, 11) is 0. The predicted molar refractivity (Wildman–Crippen MR) is 162 cm³/mol.